The lowest BCUT2D eigenvalue weighted by Crippen LogP contribution is -2.53. The van der Waals surface area contributed by atoms with Crippen molar-refractivity contribution in [3.63, 3.8) is 0 Å². The molecule has 2 aromatic rings. The molecule has 174 valence electrons. The van der Waals surface area contributed by atoms with E-state index in [0.717, 1.165) is 5.56 Å². The lowest BCUT2D eigenvalue weighted by molar-refractivity contribution is -0.137. The molecule has 1 atom stereocenters. The van der Waals surface area contributed by atoms with E-state index in [1.807, 2.05) is 44.2 Å². The number of carbonyl (C=O) groups is 3. The Bertz CT molecular complexity index is 870. The number of rotatable bonds is 12. The zero-order valence-electron chi connectivity index (χ0n) is 18.7. The second kappa shape index (κ2) is 11.8. The van der Waals surface area contributed by atoms with Crippen LogP contribution < -0.4 is 16.0 Å². The largest absolute Gasteiger partial charge is 0.465 e. The molecule has 0 aliphatic heterocycles. The minimum Gasteiger partial charge on any atom is -0.465 e. The standard InChI is InChI=1S/C22H32N6O4/c1-22(2,16-7-5-4-6-8-16)14-25-19(29)13-28(10-9-23-3)20(30)18(27-21(31)32)11-17-12-24-15-26-17/h4-8,12,15,18,23,27H,9-11,13-14H2,1-3H3,(H,24,26)(H,25,29)(H,31,32)/t18-/m0/s1. The van der Waals surface area contributed by atoms with Gasteiger partial charge in [0.15, 0.2) is 0 Å². The number of aromatic nitrogens is 2. The van der Waals surface area contributed by atoms with Gasteiger partial charge < -0.3 is 30.9 Å². The van der Waals surface area contributed by atoms with Crippen molar-refractivity contribution in [3.8, 4) is 0 Å². The zero-order chi connectivity index (χ0) is 23.6. The molecule has 0 saturated heterocycles. The van der Waals surface area contributed by atoms with Gasteiger partial charge in [0.05, 0.1) is 18.6 Å². The van der Waals surface area contributed by atoms with E-state index in [0.29, 0.717) is 18.8 Å². The summed E-state index contributed by atoms with van der Waals surface area (Å²) in [4.78, 5) is 45.3. The van der Waals surface area contributed by atoms with Gasteiger partial charge in [-0.2, -0.15) is 0 Å². The van der Waals surface area contributed by atoms with Crippen LogP contribution in [0.5, 0.6) is 0 Å². The first-order chi connectivity index (χ1) is 15.2. The highest BCUT2D eigenvalue weighted by molar-refractivity contribution is 5.89. The molecule has 1 heterocycles. The van der Waals surface area contributed by atoms with Crippen LogP contribution in [0.2, 0.25) is 0 Å². The predicted octanol–water partition coefficient (Wildman–Crippen LogP) is 0.730. The summed E-state index contributed by atoms with van der Waals surface area (Å²) in [7, 11) is 1.74. The van der Waals surface area contributed by atoms with E-state index < -0.39 is 18.0 Å². The number of benzene rings is 1. The summed E-state index contributed by atoms with van der Waals surface area (Å²) in [6, 6.07) is 8.80. The fraction of sp³-hybridized carbons (Fsp3) is 0.455. The second-order valence-electron chi connectivity index (χ2n) is 8.16. The summed E-state index contributed by atoms with van der Waals surface area (Å²) in [5, 5.41) is 17.3. The van der Waals surface area contributed by atoms with Gasteiger partial charge in [0.1, 0.15) is 6.04 Å². The van der Waals surface area contributed by atoms with Gasteiger partial charge in [-0.15, -0.1) is 0 Å². The average Bonchev–Trinajstić information content (AvgIpc) is 3.28. The van der Waals surface area contributed by atoms with Crippen molar-refractivity contribution < 1.29 is 19.5 Å². The topological polar surface area (TPSA) is 139 Å². The first kappa shape index (κ1) is 24.9. The highest BCUT2D eigenvalue weighted by atomic mass is 16.4. The fourth-order valence-corrected chi connectivity index (χ4v) is 3.24. The van der Waals surface area contributed by atoms with Crippen LogP contribution in [0.25, 0.3) is 0 Å². The third-order valence-electron chi connectivity index (χ3n) is 5.12. The summed E-state index contributed by atoms with van der Waals surface area (Å²) in [6.07, 6.45) is 1.81. The van der Waals surface area contributed by atoms with Gasteiger partial charge in [0.2, 0.25) is 11.8 Å². The van der Waals surface area contributed by atoms with Crippen molar-refractivity contribution in [2.24, 2.45) is 0 Å². The van der Waals surface area contributed by atoms with E-state index in [1.54, 1.807) is 13.2 Å². The van der Waals surface area contributed by atoms with Gasteiger partial charge in [-0.05, 0) is 12.6 Å². The van der Waals surface area contributed by atoms with Gasteiger partial charge in [0.25, 0.3) is 0 Å². The molecule has 1 aromatic carbocycles. The number of nitrogens with one attached hydrogen (secondary N) is 4. The molecule has 32 heavy (non-hydrogen) atoms. The lowest BCUT2D eigenvalue weighted by Gasteiger charge is -2.29. The molecular formula is C22H32N6O4. The van der Waals surface area contributed by atoms with Crippen LogP contribution in [-0.4, -0.2) is 77.2 Å². The van der Waals surface area contributed by atoms with E-state index >= 15 is 0 Å². The van der Waals surface area contributed by atoms with Crippen molar-refractivity contribution in [2.75, 3.05) is 33.2 Å². The number of carbonyl (C=O) groups excluding carboxylic acids is 2. The van der Waals surface area contributed by atoms with Crippen molar-refractivity contribution in [3.05, 3.63) is 54.1 Å². The Morgan fingerprint density at radius 3 is 2.53 bits per heavy atom. The minimum atomic E-state index is -1.32. The molecule has 0 aliphatic rings. The highest BCUT2D eigenvalue weighted by Gasteiger charge is 2.29. The normalized spacial score (nSPS) is 12.1. The van der Waals surface area contributed by atoms with E-state index in [9.17, 15) is 19.5 Å². The SMILES string of the molecule is CNCCN(CC(=O)NCC(C)(C)c1ccccc1)C(=O)[C@H](Cc1c[nH]cn1)NC(=O)O. The molecular weight excluding hydrogens is 412 g/mol. The van der Waals surface area contributed by atoms with E-state index in [-0.39, 0.29) is 30.8 Å². The van der Waals surface area contributed by atoms with Crippen molar-refractivity contribution >= 4 is 17.9 Å². The van der Waals surface area contributed by atoms with E-state index in [1.165, 1.54) is 11.2 Å². The Morgan fingerprint density at radius 1 is 1.22 bits per heavy atom. The van der Waals surface area contributed by atoms with Crippen LogP contribution in [0.15, 0.2) is 42.9 Å². The number of carboxylic acid groups (broad SMARTS) is 1. The van der Waals surface area contributed by atoms with Gasteiger partial charge in [-0.3, -0.25) is 9.59 Å². The highest BCUT2D eigenvalue weighted by Crippen LogP contribution is 2.21. The number of aromatic amines is 1. The number of likely N-dealkylation sites (N-methyl/N-ethyl adjacent to an activating group) is 1. The number of hydrogen-bond donors (Lipinski definition) is 5. The van der Waals surface area contributed by atoms with Crippen molar-refractivity contribution in [1.82, 2.24) is 30.8 Å². The third kappa shape index (κ3) is 7.69. The summed E-state index contributed by atoms with van der Waals surface area (Å²) >= 11 is 0. The van der Waals surface area contributed by atoms with Crippen LogP contribution in [0.3, 0.4) is 0 Å². The molecule has 0 aliphatic carbocycles. The molecule has 1 aromatic heterocycles. The van der Waals surface area contributed by atoms with Crippen molar-refractivity contribution in [2.45, 2.75) is 31.7 Å². The van der Waals surface area contributed by atoms with Crippen molar-refractivity contribution in [1.29, 1.82) is 0 Å². The average molecular weight is 445 g/mol. The maximum atomic E-state index is 13.1. The summed E-state index contributed by atoms with van der Waals surface area (Å²) < 4.78 is 0. The number of nitrogens with zero attached hydrogens (tertiary/aromatic N) is 2. The Hall–Kier alpha value is -3.40. The lowest BCUT2D eigenvalue weighted by atomic mass is 9.84. The molecule has 0 fully saturated rings. The number of amides is 3. The molecule has 10 heteroatoms. The quantitative estimate of drug-likeness (QED) is 0.327. The second-order valence-corrected chi connectivity index (χ2v) is 8.16. The summed E-state index contributed by atoms with van der Waals surface area (Å²) in [6.45, 7) is 4.99. The molecule has 0 unspecified atom stereocenters. The monoisotopic (exact) mass is 444 g/mol. The number of imidazole rings is 1. The van der Waals surface area contributed by atoms with Gasteiger partial charge in [-0.25, -0.2) is 9.78 Å². The Labute approximate surface area is 187 Å². The van der Waals surface area contributed by atoms with Crippen LogP contribution in [0.1, 0.15) is 25.1 Å². The van der Waals surface area contributed by atoms with Crippen LogP contribution in [0, 0.1) is 0 Å². The van der Waals surface area contributed by atoms with E-state index in [4.69, 9.17) is 0 Å². The maximum Gasteiger partial charge on any atom is 0.405 e. The van der Waals surface area contributed by atoms with Crippen LogP contribution >= 0.6 is 0 Å². The van der Waals surface area contributed by atoms with Gasteiger partial charge >= 0.3 is 6.09 Å². The predicted molar refractivity (Wildman–Crippen MR) is 120 cm³/mol. The maximum absolute atomic E-state index is 13.1. The third-order valence-corrected chi connectivity index (χ3v) is 5.12. The zero-order valence-corrected chi connectivity index (χ0v) is 18.7. The molecule has 2 rings (SSSR count). The molecule has 10 nitrogen and oxygen atoms in total. The fourth-order valence-electron chi connectivity index (χ4n) is 3.24. The smallest absolute Gasteiger partial charge is 0.405 e. The van der Waals surface area contributed by atoms with E-state index in [2.05, 4.69) is 25.9 Å². The molecule has 0 radical (unpaired) electrons. The van der Waals surface area contributed by atoms with Gasteiger partial charge in [-0.1, -0.05) is 44.2 Å². The molecule has 0 saturated carbocycles. The van der Waals surface area contributed by atoms with Crippen LogP contribution in [0.4, 0.5) is 4.79 Å². The molecule has 0 spiro atoms. The van der Waals surface area contributed by atoms with Crippen LogP contribution in [-0.2, 0) is 21.4 Å². The first-order valence-electron chi connectivity index (χ1n) is 10.5. The molecule has 3 amide bonds. The Kier molecular flexibility index (Phi) is 9.21. The molecule has 5 N–H and O–H groups in total. The summed E-state index contributed by atoms with van der Waals surface area (Å²) in [5.41, 5.74) is 1.34. The number of H-pyrrole nitrogens is 1. The Balaban J connectivity index is 2.05. The van der Waals surface area contributed by atoms with Gasteiger partial charge in [0, 0.05) is 37.7 Å². The summed E-state index contributed by atoms with van der Waals surface area (Å²) in [5.74, 6) is -0.796. The number of hydrogen-bond acceptors (Lipinski definition) is 5. The first-order valence-corrected chi connectivity index (χ1v) is 10.5. The molecule has 0 bridgehead atoms. The minimum absolute atomic E-state index is 0.0767. The Morgan fingerprint density at radius 2 is 1.94 bits per heavy atom.